The second-order valence-corrected chi connectivity index (χ2v) is 15.1. The van der Waals surface area contributed by atoms with E-state index < -0.39 is 8.80 Å². The van der Waals surface area contributed by atoms with E-state index in [1.807, 2.05) is 45.0 Å². The summed E-state index contributed by atoms with van der Waals surface area (Å²) in [6.07, 6.45) is 8.75. The van der Waals surface area contributed by atoms with E-state index in [0.717, 1.165) is 69.0 Å². The van der Waals surface area contributed by atoms with Gasteiger partial charge in [-0.2, -0.15) is 0 Å². The molecular formula is C33H43NO5S2Si. The van der Waals surface area contributed by atoms with Crippen LogP contribution in [-0.4, -0.2) is 41.7 Å². The van der Waals surface area contributed by atoms with Crippen LogP contribution in [0.2, 0.25) is 0 Å². The molecule has 226 valence electrons. The van der Waals surface area contributed by atoms with Crippen molar-refractivity contribution in [2.75, 3.05) is 37.8 Å². The highest BCUT2D eigenvalue weighted by Crippen LogP contribution is 2.31. The third kappa shape index (κ3) is 7.89. The van der Waals surface area contributed by atoms with E-state index in [4.69, 9.17) is 17.7 Å². The molecule has 3 heterocycles. The summed E-state index contributed by atoms with van der Waals surface area (Å²) in [5, 5.41) is 0.932. The van der Waals surface area contributed by atoms with Gasteiger partial charge in [-0.25, -0.2) is 4.79 Å². The molecule has 3 aromatic heterocycles. The van der Waals surface area contributed by atoms with Crippen molar-refractivity contribution in [2.45, 2.75) is 60.3 Å². The third-order valence-electron chi connectivity index (χ3n) is 6.88. The fraction of sp³-hybridized carbons (Fsp3) is 0.424. The fourth-order valence-corrected chi connectivity index (χ4v) is 9.87. The van der Waals surface area contributed by atoms with E-state index in [2.05, 4.69) is 55.2 Å². The van der Waals surface area contributed by atoms with Gasteiger partial charge in [-0.15, -0.1) is 22.7 Å². The van der Waals surface area contributed by atoms with Crippen molar-refractivity contribution in [3.8, 4) is 10.4 Å². The van der Waals surface area contributed by atoms with E-state index in [1.54, 1.807) is 22.7 Å². The number of fused-ring (bicyclic) bond motifs is 1. The van der Waals surface area contributed by atoms with Gasteiger partial charge in [0.1, 0.15) is 5.58 Å². The molecule has 0 N–H and O–H groups in total. The maximum atomic E-state index is 13.1. The minimum Gasteiger partial charge on any atom is -0.422 e. The van der Waals surface area contributed by atoms with Gasteiger partial charge >= 0.3 is 14.4 Å². The van der Waals surface area contributed by atoms with Crippen LogP contribution in [0.3, 0.4) is 0 Å². The van der Waals surface area contributed by atoms with Gasteiger partial charge in [-0.3, -0.25) is 0 Å². The Bertz CT molecular complexity index is 1480. The molecule has 0 bridgehead atoms. The number of unbranched alkanes of at least 4 members (excludes halogenated alkanes) is 2. The van der Waals surface area contributed by atoms with E-state index >= 15 is 0 Å². The molecule has 1 aromatic carbocycles. The minimum absolute atomic E-state index is 0.308. The molecule has 0 saturated heterocycles. The SMILES string of the molecule is CCCCN(CCCC)c1ccc2cc(-c3ccc(/C=C/c4ccc([Si](OCC)(OCC)OCC)s4)s3)c(=O)oc2c1. The van der Waals surface area contributed by atoms with Crippen LogP contribution in [0.25, 0.3) is 33.6 Å². The van der Waals surface area contributed by atoms with Gasteiger partial charge in [0.15, 0.2) is 0 Å². The first-order valence-corrected chi connectivity index (χ1v) is 18.5. The zero-order valence-corrected chi connectivity index (χ0v) is 28.1. The summed E-state index contributed by atoms with van der Waals surface area (Å²) in [5.74, 6) is 0. The second kappa shape index (κ2) is 15.8. The molecule has 42 heavy (non-hydrogen) atoms. The Morgan fingerprint density at radius 1 is 0.786 bits per heavy atom. The maximum Gasteiger partial charge on any atom is 0.547 e. The van der Waals surface area contributed by atoms with Crippen LogP contribution in [0.5, 0.6) is 0 Å². The van der Waals surface area contributed by atoms with Gasteiger partial charge in [-0.05, 0) is 88.2 Å². The highest BCUT2D eigenvalue weighted by molar-refractivity contribution is 7.24. The molecule has 6 nitrogen and oxygen atoms in total. The third-order valence-corrected chi connectivity index (χ3v) is 12.7. The number of rotatable bonds is 17. The smallest absolute Gasteiger partial charge is 0.422 e. The van der Waals surface area contributed by atoms with Gasteiger partial charge in [0, 0.05) is 64.7 Å². The molecule has 0 amide bonds. The summed E-state index contributed by atoms with van der Waals surface area (Å²) >= 11 is 3.21. The molecular weight excluding hydrogens is 583 g/mol. The number of nitrogens with zero attached hydrogens (tertiary/aromatic N) is 1. The summed E-state index contributed by atoms with van der Waals surface area (Å²) in [6.45, 7) is 13.9. The Morgan fingerprint density at radius 2 is 1.40 bits per heavy atom. The lowest BCUT2D eigenvalue weighted by Gasteiger charge is -2.27. The molecule has 0 atom stereocenters. The molecule has 9 heteroatoms. The van der Waals surface area contributed by atoms with Gasteiger partial charge in [0.25, 0.3) is 0 Å². The average Bonchev–Trinajstić information content (AvgIpc) is 3.66. The van der Waals surface area contributed by atoms with E-state index in [9.17, 15) is 4.79 Å². The zero-order valence-electron chi connectivity index (χ0n) is 25.4. The first kappa shape index (κ1) is 32.4. The standard InChI is InChI=1S/C33H43NO5S2Si/c1-6-11-21-34(22-12-7-2)26-14-13-25-23-29(33(35)39-30(25)24-26)31-19-17-27(40-31)15-16-28-18-20-32(41-28)42(36-8-3,37-9-4)38-10-5/h13-20,23-24H,6-12,21-22H2,1-5H3/b16-15+. The van der Waals surface area contributed by atoms with Crippen LogP contribution in [0, 0.1) is 0 Å². The Hall–Kier alpha value is -2.53. The Labute approximate surface area is 258 Å². The van der Waals surface area contributed by atoms with Crippen molar-refractivity contribution in [1.82, 2.24) is 0 Å². The Balaban J connectivity index is 1.54. The summed E-state index contributed by atoms with van der Waals surface area (Å²) in [4.78, 5) is 18.5. The quantitative estimate of drug-likeness (QED) is 0.0867. The molecule has 4 aromatic rings. The lowest BCUT2D eigenvalue weighted by atomic mass is 10.1. The zero-order chi connectivity index (χ0) is 30.0. The molecule has 4 rings (SSSR count). The summed E-state index contributed by atoms with van der Waals surface area (Å²) in [5.41, 5.74) is 2.03. The van der Waals surface area contributed by atoms with Crippen LogP contribution in [0.1, 0.15) is 70.1 Å². The summed E-state index contributed by atoms with van der Waals surface area (Å²) in [7, 11) is -2.91. The largest absolute Gasteiger partial charge is 0.547 e. The predicted octanol–water partition coefficient (Wildman–Crippen LogP) is 8.42. The monoisotopic (exact) mass is 625 g/mol. The Kier molecular flexibility index (Phi) is 12.2. The van der Waals surface area contributed by atoms with Crippen LogP contribution < -0.4 is 15.0 Å². The number of anilines is 1. The van der Waals surface area contributed by atoms with Crippen LogP contribution >= 0.6 is 22.7 Å². The maximum absolute atomic E-state index is 13.1. The highest BCUT2D eigenvalue weighted by atomic mass is 32.1. The van der Waals surface area contributed by atoms with Crippen molar-refractivity contribution in [2.24, 2.45) is 0 Å². The van der Waals surface area contributed by atoms with Crippen molar-refractivity contribution in [1.29, 1.82) is 0 Å². The molecule has 0 aliphatic carbocycles. The fourth-order valence-electron chi connectivity index (χ4n) is 4.80. The van der Waals surface area contributed by atoms with Crippen molar-refractivity contribution >= 4 is 64.8 Å². The second-order valence-electron chi connectivity index (χ2n) is 9.96. The Morgan fingerprint density at radius 3 is 2.02 bits per heavy atom. The molecule has 0 spiro atoms. The van der Waals surface area contributed by atoms with Crippen molar-refractivity contribution in [3.63, 3.8) is 0 Å². The first-order valence-electron chi connectivity index (χ1n) is 15.1. The lowest BCUT2D eigenvalue weighted by Crippen LogP contribution is -2.55. The van der Waals surface area contributed by atoms with Gasteiger partial charge in [0.2, 0.25) is 0 Å². The topological polar surface area (TPSA) is 61.1 Å². The molecule has 0 saturated carbocycles. The first-order chi connectivity index (χ1) is 20.5. The van der Waals surface area contributed by atoms with Gasteiger partial charge in [0.05, 0.1) is 10.1 Å². The van der Waals surface area contributed by atoms with E-state index in [0.29, 0.717) is 31.0 Å². The summed E-state index contributed by atoms with van der Waals surface area (Å²) in [6, 6.07) is 16.3. The molecule has 0 unspecified atom stereocenters. The van der Waals surface area contributed by atoms with Crippen LogP contribution in [0.15, 0.2) is 57.7 Å². The van der Waals surface area contributed by atoms with E-state index in [-0.39, 0.29) is 5.63 Å². The van der Waals surface area contributed by atoms with Crippen LogP contribution in [-0.2, 0) is 13.3 Å². The van der Waals surface area contributed by atoms with Crippen molar-refractivity contribution in [3.05, 3.63) is 68.7 Å². The number of benzene rings is 1. The highest BCUT2D eigenvalue weighted by Gasteiger charge is 2.44. The average molecular weight is 626 g/mol. The van der Waals surface area contributed by atoms with Gasteiger partial charge in [-0.1, -0.05) is 26.7 Å². The van der Waals surface area contributed by atoms with Crippen molar-refractivity contribution < 1.29 is 17.7 Å². The molecule has 0 radical (unpaired) electrons. The predicted molar refractivity (Wildman–Crippen MR) is 181 cm³/mol. The normalized spacial score (nSPS) is 12.1. The van der Waals surface area contributed by atoms with Crippen LogP contribution in [0.4, 0.5) is 5.69 Å². The minimum atomic E-state index is -2.91. The number of thiophene rings is 2. The van der Waals surface area contributed by atoms with E-state index in [1.165, 1.54) is 0 Å². The number of hydrogen-bond donors (Lipinski definition) is 0. The lowest BCUT2D eigenvalue weighted by molar-refractivity contribution is 0.0866. The molecule has 0 fully saturated rings. The molecule has 0 aliphatic heterocycles. The molecule has 0 aliphatic rings. The van der Waals surface area contributed by atoms with Gasteiger partial charge < -0.3 is 22.6 Å². The number of hydrogen-bond acceptors (Lipinski definition) is 8. The summed E-state index contributed by atoms with van der Waals surface area (Å²) < 4.78 is 25.0.